The highest BCUT2D eigenvalue weighted by molar-refractivity contribution is 5.51. The lowest BCUT2D eigenvalue weighted by atomic mass is 9.79. The van der Waals surface area contributed by atoms with Gasteiger partial charge in [0, 0.05) is 5.92 Å². The standard InChI is InChI=1S/C10H14N2O/c1-6(2)8-4-5-9-10(7(8)3)12-13-11-9/h4-8H,1-3H3. The summed E-state index contributed by atoms with van der Waals surface area (Å²) < 4.78 is 4.71. The molecule has 70 valence electrons. The second-order valence-corrected chi connectivity index (χ2v) is 4.00. The normalized spacial score (nSPS) is 26.5. The first-order valence-corrected chi connectivity index (χ1v) is 4.71. The summed E-state index contributed by atoms with van der Waals surface area (Å²) in [5.74, 6) is 1.61. The van der Waals surface area contributed by atoms with E-state index in [4.69, 9.17) is 4.63 Å². The molecular formula is C10H14N2O. The van der Waals surface area contributed by atoms with Gasteiger partial charge in [-0.05, 0) is 17.9 Å². The van der Waals surface area contributed by atoms with Gasteiger partial charge < -0.3 is 0 Å². The summed E-state index contributed by atoms with van der Waals surface area (Å²) in [5, 5.41) is 7.76. The Bertz CT molecular complexity index is 327. The molecule has 3 nitrogen and oxygen atoms in total. The molecule has 13 heavy (non-hydrogen) atoms. The van der Waals surface area contributed by atoms with Crippen molar-refractivity contribution >= 4 is 6.08 Å². The fourth-order valence-electron chi connectivity index (χ4n) is 1.98. The van der Waals surface area contributed by atoms with Gasteiger partial charge in [-0.3, -0.25) is 0 Å². The number of hydrogen-bond donors (Lipinski definition) is 0. The molecule has 1 aromatic rings. The van der Waals surface area contributed by atoms with Gasteiger partial charge in [0.05, 0.1) is 0 Å². The Morgan fingerprint density at radius 1 is 1.38 bits per heavy atom. The maximum absolute atomic E-state index is 4.71. The quantitative estimate of drug-likeness (QED) is 0.663. The van der Waals surface area contributed by atoms with Gasteiger partial charge in [-0.1, -0.05) is 37.2 Å². The molecule has 0 aliphatic heterocycles. The summed E-state index contributed by atoms with van der Waals surface area (Å²) in [6.45, 7) is 6.63. The van der Waals surface area contributed by atoms with E-state index in [0.29, 0.717) is 17.8 Å². The van der Waals surface area contributed by atoms with Crippen LogP contribution in [0.25, 0.3) is 6.08 Å². The molecule has 1 aliphatic carbocycles. The van der Waals surface area contributed by atoms with Crippen molar-refractivity contribution in [1.29, 1.82) is 0 Å². The van der Waals surface area contributed by atoms with Crippen LogP contribution in [0.1, 0.15) is 38.1 Å². The minimum Gasteiger partial charge on any atom is -0.244 e. The van der Waals surface area contributed by atoms with Gasteiger partial charge in [-0.15, -0.1) is 0 Å². The van der Waals surface area contributed by atoms with E-state index in [9.17, 15) is 0 Å². The van der Waals surface area contributed by atoms with E-state index in [1.54, 1.807) is 0 Å². The summed E-state index contributed by atoms with van der Waals surface area (Å²) in [7, 11) is 0. The molecule has 2 unspecified atom stereocenters. The van der Waals surface area contributed by atoms with E-state index in [1.807, 2.05) is 6.08 Å². The van der Waals surface area contributed by atoms with Gasteiger partial charge in [0.1, 0.15) is 11.4 Å². The molecular weight excluding hydrogens is 164 g/mol. The van der Waals surface area contributed by atoms with Crippen LogP contribution in [-0.2, 0) is 0 Å². The molecule has 3 heteroatoms. The number of rotatable bonds is 1. The van der Waals surface area contributed by atoms with Gasteiger partial charge in [0.2, 0.25) is 0 Å². The average Bonchev–Trinajstić information content (AvgIpc) is 2.52. The largest absolute Gasteiger partial charge is 0.244 e. The van der Waals surface area contributed by atoms with E-state index in [1.165, 1.54) is 0 Å². The Morgan fingerprint density at radius 2 is 2.15 bits per heavy atom. The van der Waals surface area contributed by atoms with Crippen LogP contribution in [0.5, 0.6) is 0 Å². The molecule has 0 saturated carbocycles. The van der Waals surface area contributed by atoms with Gasteiger partial charge in [-0.2, -0.15) is 0 Å². The summed E-state index contributed by atoms with van der Waals surface area (Å²) in [5.41, 5.74) is 1.89. The van der Waals surface area contributed by atoms with E-state index >= 15 is 0 Å². The maximum atomic E-state index is 4.71. The number of hydrogen-bond acceptors (Lipinski definition) is 3. The van der Waals surface area contributed by atoms with Crippen molar-refractivity contribution in [1.82, 2.24) is 10.3 Å². The van der Waals surface area contributed by atoms with Crippen LogP contribution >= 0.6 is 0 Å². The Kier molecular flexibility index (Phi) is 1.94. The molecule has 0 fully saturated rings. The van der Waals surface area contributed by atoms with Crippen molar-refractivity contribution in [2.24, 2.45) is 11.8 Å². The number of allylic oxidation sites excluding steroid dienone is 1. The van der Waals surface area contributed by atoms with Gasteiger partial charge in [0.15, 0.2) is 0 Å². The molecule has 0 saturated heterocycles. The van der Waals surface area contributed by atoms with Crippen LogP contribution < -0.4 is 0 Å². The van der Waals surface area contributed by atoms with Crippen LogP contribution in [0.2, 0.25) is 0 Å². The first kappa shape index (κ1) is 8.48. The minimum absolute atomic E-state index is 0.422. The molecule has 1 heterocycles. The van der Waals surface area contributed by atoms with Crippen molar-refractivity contribution in [3.05, 3.63) is 17.5 Å². The Morgan fingerprint density at radius 3 is 2.85 bits per heavy atom. The minimum atomic E-state index is 0.422. The second-order valence-electron chi connectivity index (χ2n) is 4.00. The Balaban J connectivity index is 2.35. The lowest BCUT2D eigenvalue weighted by Gasteiger charge is -2.25. The molecule has 2 rings (SSSR count). The molecule has 1 aromatic heterocycles. The topological polar surface area (TPSA) is 38.9 Å². The van der Waals surface area contributed by atoms with Crippen molar-refractivity contribution in [3.8, 4) is 0 Å². The molecule has 0 radical (unpaired) electrons. The van der Waals surface area contributed by atoms with Gasteiger partial charge >= 0.3 is 0 Å². The van der Waals surface area contributed by atoms with Crippen LogP contribution in [0, 0.1) is 11.8 Å². The first-order chi connectivity index (χ1) is 6.20. The molecule has 1 aliphatic rings. The van der Waals surface area contributed by atoms with Crippen LogP contribution in [0.4, 0.5) is 0 Å². The monoisotopic (exact) mass is 178 g/mol. The number of aromatic nitrogens is 2. The second kappa shape index (κ2) is 2.98. The molecule has 0 spiro atoms. The summed E-state index contributed by atoms with van der Waals surface area (Å²) in [6, 6.07) is 0. The van der Waals surface area contributed by atoms with E-state index in [2.05, 4.69) is 37.2 Å². The fraction of sp³-hybridized carbons (Fsp3) is 0.600. The SMILES string of the molecule is CC(C)C1C=Cc2nonc2C1C. The summed E-state index contributed by atoms with van der Waals surface area (Å²) in [6.07, 6.45) is 4.22. The molecule has 0 aromatic carbocycles. The van der Waals surface area contributed by atoms with E-state index in [0.717, 1.165) is 11.4 Å². The van der Waals surface area contributed by atoms with Gasteiger partial charge in [0.25, 0.3) is 0 Å². The van der Waals surface area contributed by atoms with Crippen molar-refractivity contribution in [3.63, 3.8) is 0 Å². The Labute approximate surface area is 77.8 Å². The highest BCUT2D eigenvalue weighted by atomic mass is 16.6. The first-order valence-electron chi connectivity index (χ1n) is 4.71. The number of nitrogens with zero attached hydrogens (tertiary/aromatic N) is 2. The van der Waals surface area contributed by atoms with Crippen LogP contribution in [-0.4, -0.2) is 10.3 Å². The zero-order valence-corrected chi connectivity index (χ0v) is 8.19. The lowest BCUT2D eigenvalue weighted by Crippen LogP contribution is -2.17. The van der Waals surface area contributed by atoms with Crippen LogP contribution in [0.3, 0.4) is 0 Å². The predicted octanol–water partition coefficient (Wildman–Crippen LogP) is 2.47. The predicted molar refractivity (Wildman–Crippen MR) is 50.1 cm³/mol. The smallest absolute Gasteiger partial charge is 0.131 e. The average molecular weight is 178 g/mol. The highest BCUT2D eigenvalue weighted by Crippen LogP contribution is 2.35. The third-order valence-electron chi connectivity index (χ3n) is 2.80. The molecule has 2 atom stereocenters. The Hall–Kier alpha value is -1.12. The highest BCUT2D eigenvalue weighted by Gasteiger charge is 2.28. The third kappa shape index (κ3) is 1.28. The molecule has 0 bridgehead atoms. The van der Waals surface area contributed by atoms with Gasteiger partial charge in [-0.25, -0.2) is 4.63 Å². The summed E-state index contributed by atoms with van der Waals surface area (Å²) >= 11 is 0. The fourth-order valence-corrected chi connectivity index (χ4v) is 1.98. The van der Waals surface area contributed by atoms with Crippen molar-refractivity contribution in [2.75, 3.05) is 0 Å². The zero-order valence-electron chi connectivity index (χ0n) is 8.19. The lowest BCUT2D eigenvalue weighted by molar-refractivity contribution is 0.296. The maximum Gasteiger partial charge on any atom is 0.131 e. The number of fused-ring (bicyclic) bond motifs is 1. The van der Waals surface area contributed by atoms with Crippen molar-refractivity contribution < 1.29 is 4.63 Å². The third-order valence-corrected chi connectivity index (χ3v) is 2.80. The van der Waals surface area contributed by atoms with Crippen molar-refractivity contribution in [2.45, 2.75) is 26.7 Å². The van der Waals surface area contributed by atoms with E-state index < -0.39 is 0 Å². The van der Waals surface area contributed by atoms with E-state index in [-0.39, 0.29) is 0 Å². The van der Waals surface area contributed by atoms with Crippen LogP contribution in [0.15, 0.2) is 10.7 Å². The summed E-state index contributed by atoms with van der Waals surface area (Å²) in [4.78, 5) is 0. The zero-order chi connectivity index (χ0) is 9.42. The molecule has 0 amide bonds. The molecule has 0 N–H and O–H groups in total.